The van der Waals surface area contributed by atoms with Gasteiger partial charge in [0.1, 0.15) is 12.4 Å². The van der Waals surface area contributed by atoms with Gasteiger partial charge in [0.2, 0.25) is 0 Å². The number of aliphatic hydroxyl groups is 1. The van der Waals surface area contributed by atoms with Crippen LogP contribution in [0.4, 0.5) is 15.3 Å². The van der Waals surface area contributed by atoms with Crippen LogP contribution in [0.15, 0.2) is 54.6 Å². The molecule has 0 fully saturated rings. The number of anilines is 1. The number of pyridine rings is 1. The molecule has 12 nitrogen and oxygen atoms in total. The lowest BCUT2D eigenvalue weighted by Gasteiger charge is -2.34. The summed E-state index contributed by atoms with van der Waals surface area (Å²) in [5.41, 5.74) is 9.10. The maximum atomic E-state index is 13.0. The molecule has 0 radical (unpaired) electrons. The zero-order chi connectivity index (χ0) is 32.2. The van der Waals surface area contributed by atoms with E-state index < -0.39 is 30.4 Å². The van der Waals surface area contributed by atoms with Crippen molar-refractivity contribution in [2.24, 2.45) is 0 Å². The highest BCUT2D eigenvalue weighted by atomic mass is 16.6. The molecule has 1 atom stereocenters. The fourth-order valence-electron chi connectivity index (χ4n) is 5.07. The second kappa shape index (κ2) is 13.3. The summed E-state index contributed by atoms with van der Waals surface area (Å²) in [6, 6.07) is 12.2. The second-order valence-electron chi connectivity index (χ2n) is 10.8. The smallest absolute Gasteiger partial charge is 0.415 e. The van der Waals surface area contributed by atoms with Crippen molar-refractivity contribution in [1.82, 2.24) is 19.7 Å². The lowest BCUT2D eigenvalue weighted by Crippen LogP contribution is -2.45. The minimum atomic E-state index is -1.15. The van der Waals surface area contributed by atoms with Crippen molar-refractivity contribution in [3.63, 3.8) is 0 Å². The van der Waals surface area contributed by atoms with Gasteiger partial charge < -0.3 is 39.8 Å². The van der Waals surface area contributed by atoms with Crippen LogP contribution in [0, 0.1) is 0 Å². The van der Waals surface area contributed by atoms with E-state index in [1.165, 1.54) is 21.8 Å². The molecule has 1 aromatic heterocycles. The second-order valence-corrected chi connectivity index (χ2v) is 10.8. The molecule has 3 aromatic rings. The molecule has 0 saturated heterocycles. The van der Waals surface area contributed by atoms with Crippen LogP contribution in [-0.2, 0) is 39.6 Å². The quantitative estimate of drug-likeness (QED) is 0.260. The molecule has 0 unspecified atom stereocenters. The van der Waals surface area contributed by atoms with Gasteiger partial charge >= 0.3 is 12.2 Å². The molecule has 4 rings (SSSR count). The van der Waals surface area contributed by atoms with Crippen LogP contribution in [0.5, 0.6) is 5.75 Å². The zero-order valence-electron chi connectivity index (χ0n) is 25.8. The van der Waals surface area contributed by atoms with Gasteiger partial charge in [-0.05, 0) is 54.8 Å². The van der Waals surface area contributed by atoms with Crippen LogP contribution in [-0.4, -0.2) is 83.8 Å². The molecule has 0 bridgehead atoms. The van der Waals surface area contributed by atoms with E-state index in [0.717, 1.165) is 22.1 Å². The maximum absolute atomic E-state index is 13.0. The molecule has 234 valence electrons. The lowest BCUT2D eigenvalue weighted by molar-refractivity contribution is -0.161. The normalized spacial score (nSPS) is 15.5. The highest BCUT2D eigenvalue weighted by molar-refractivity contribution is 5.94. The number of nitrogens with two attached hydrogens (primary N) is 1. The molecule has 1 aliphatic heterocycles. The van der Waals surface area contributed by atoms with Crippen LogP contribution < -0.4 is 10.5 Å². The first-order valence-corrected chi connectivity index (χ1v) is 14.2. The predicted molar refractivity (Wildman–Crippen MR) is 165 cm³/mol. The number of hydrogen-bond donors (Lipinski definition) is 2. The number of fused-ring (bicyclic) bond motifs is 2. The molecule has 44 heavy (non-hydrogen) atoms. The zero-order valence-corrected chi connectivity index (χ0v) is 25.8. The molecule has 3 N–H and O–H groups in total. The Bertz CT molecular complexity index is 1580. The SMILES string of the molecule is C=C(CO)C(=O)N1Cc2c(nc3ccc(OC(=O)N(C)CCN(C)C(=O)OCc4ccc(N)cc4)cc3c2CC)[C@@]1(C)OC. The number of aliphatic hydroxyl groups excluding tert-OH is 1. The average Bonchev–Trinajstić information content (AvgIpc) is 3.32. The Morgan fingerprint density at radius 2 is 1.75 bits per heavy atom. The number of methoxy groups -OCH3 is 1. The molecular formula is C32H39N5O7. The highest BCUT2D eigenvalue weighted by Crippen LogP contribution is 2.43. The van der Waals surface area contributed by atoms with Crippen LogP contribution in [0.2, 0.25) is 0 Å². The molecule has 0 spiro atoms. The van der Waals surface area contributed by atoms with E-state index in [0.29, 0.717) is 29.1 Å². The molecular weight excluding hydrogens is 566 g/mol. The van der Waals surface area contributed by atoms with Gasteiger partial charge in [0.25, 0.3) is 5.91 Å². The predicted octanol–water partition coefficient (Wildman–Crippen LogP) is 3.79. The summed E-state index contributed by atoms with van der Waals surface area (Å²) in [5, 5.41) is 10.3. The highest BCUT2D eigenvalue weighted by Gasteiger charge is 2.47. The van der Waals surface area contributed by atoms with Gasteiger partial charge in [0, 0.05) is 56.5 Å². The number of nitrogen functional groups attached to an aromatic ring is 1. The number of hydrogen-bond acceptors (Lipinski definition) is 9. The van der Waals surface area contributed by atoms with Crippen molar-refractivity contribution in [3.05, 3.63) is 77.0 Å². The number of rotatable bonds is 10. The van der Waals surface area contributed by atoms with E-state index in [-0.39, 0.29) is 31.8 Å². The molecule has 1 aliphatic rings. The minimum absolute atomic E-state index is 0.0586. The lowest BCUT2D eigenvalue weighted by atomic mass is 9.97. The number of ether oxygens (including phenoxy) is 3. The fourth-order valence-corrected chi connectivity index (χ4v) is 5.07. The minimum Gasteiger partial charge on any atom is -0.445 e. The number of likely N-dealkylation sites (N-methyl/N-ethyl adjacent to an activating group) is 2. The van der Waals surface area contributed by atoms with E-state index in [1.807, 2.05) is 6.92 Å². The third-order valence-corrected chi connectivity index (χ3v) is 7.88. The number of aromatic nitrogens is 1. The fraction of sp³-hybridized carbons (Fsp3) is 0.375. The van der Waals surface area contributed by atoms with Crippen LogP contribution in [0.25, 0.3) is 10.9 Å². The van der Waals surface area contributed by atoms with Crippen molar-refractivity contribution in [2.75, 3.05) is 46.6 Å². The molecule has 2 aromatic carbocycles. The van der Waals surface area contributed by atoms with Gasteiger partial charge in [0.05, 0.1) is 24.4 Å². The first-order valence-electron chi connectivity index (χ1n) is 14.2. The van der Waals surface area contributed by atoms with Gasteiger partial charge in [-0.15, -0.1) is 0 Å². The van der Waals surface area contributed by atoms with Crippen molar-refractivity contribution in [3.8, 4) is 5.75 Å². The Labute approximate surface area is 256 Å². The summed E-state index contributed by atoms with van der Waals surface area (Å²) >= 11 is 0. The number of benzene rings is 2. The molecule has 3 amide bonds. The standard InChI is InChI=1S/C32H39N5O7/c1-7-24-25-16-23(12-13-27(25)34-28-26(24)17-37(32(28,3)42-6)29(39)20(2)18-38)44-31(41)36(5)15-14-35(4)30(40)43-19-21-8-10-22(33)11-9-21/h8-13,16,38H,2,7,14-15,17-19,33H2,1,3-6H3/t32-/m1/s1. The van der Waals surface area contributed by atoms with Crippen LogP contribution in [0.1, 0.15) is 36.2 Å². The summed E-state index contributed by atoms with van der Waals surface area (Å²) in [5.74, 6) is -0.0875. The third kappa shape index (κ3) is 6.46. The average molecular weight is 606 g/mol. The van der Waals surface area contributed by atoms with Crippen molar-refractivity contribution < 1.29 is 33.7 Å². The Morgan fingerprint density at radius 3 is 2.36 bits per heavy atom. The van der Waals surface area contributed by atoms with Crippen LogP contribution in [0.3, 0.4) is 0 Å². The largest absolute Gasteiger partial charge is 0.445 e. The maximum Gasteiger partial charge on any atom is 0.415 e. The Hall–Kier alpha value is -4.68. The van der Waals surface area contributed by atoms with Crippen molar-refractivity contribution >= 4 is 34.7 Å². The van der Waals surface area contributed by atoms with E-state index in [2.05, 4.69) is 6.58 Å². The number of amides is 3. The summed E-state index contributed by atoms with van der Waals surface area (Å²) in [6.45, 7) is 7.78. The van der Waals surface area contributed by atoms with Gasteiger partial charge in [-0.1, -0.05) is 25.6 Å². The van der Waals surface area contributed by atoms with E-state index in [4.69, 9.17) is 24.9 Å². The van der Waals surface area contributed by atoms with Crippen molar-refractivity contribution in [2.45, 2.75) is 39.1 Å². The van der Waals surface area contributed by atoms with E-state index in [1.54, 1.807) is 63.5 Å². The number of nitrogens with zero attached hydrogens (tertiary/aromatic N) is 4. The van der Waals surface area contributed by atoms with Crippen LogP contribution >= 0.6 is 0 Å². The summed E-state index contributed by atoms with van der Waals surface area (Å²) in [7, 11) is 4.69. The van der Waals surface area contributed by atoms with Gasteiger partial charge in [-0.3, -0.25) is 4.79 Å². The third-order valence-electron chi connectivity index (χ3n) is 7.88. The monoisotopic (exact) mass is 605 g/mol. The first kappa shape index (κ1) is 32.2. The first-order chi connectivity index (χ1) is 20.9. The number of aryl methyl sites for hydroxylation is 1. The molecule has 12 heteroatoms. The van der Waals surface area contributed by atoms with Gasteiger partial charge in [-0.25, -0.2) is 14.6 Å². The van der Waals surface area contributed by atoms with E-state index in [9.17, 15) is 19.5 Å². The summed E-state index contributed by atoms with van der Waals surface area (Å²) in [4.78, 5) is 47.4. The van der Waals surface area contributed by atoms with Gasteiger partial charge in [0.15, 0.2) is 5.72 Å². The van der Waals surface area contributed by atoms with E-state index >= 15 is 0 Å². The Morgan fingerprint density at radius 1 is 1.09 bits per heavy atom. The van der Waals surface area contributed by atoms with Crippen molar-refractivity contribution in [1.29, 1.82) is 0 Å². The molecule has 0 aliphatic carbocycles. The molecule has 2 heterocycles. The van der Waals surface area contributed by atoms with Gasteiger partial charge in [-0.2, -0.15) is 0 Å². The topological polar surface area (TPSA) is 148 Å². The summed E-state index contributed by atoms with van der Waals surface area (Å²) in [6.07, 6.45) is -0.482. The Balaban J connectivity index is 1.44. The summed E-state index contributed by atoms with van der Waals surface area (Å²) < 4.78 is 16.8. The number of carbonyl (C=O) groups is 3. The Kier molecular flexibility index (Phi) is 9.75. The molecule has 0 saturated carbocycles. The number of carbonyl (C=O) groups excluding carboxylic acids is 3.